The molecule has 0 atom stereocenters. The molecule has 2 heterocycles. The summed E-state index contributed by atoms with van der Waals surface area (Å²) >= 11 is 0. The van der Waals surface area contributed by atoms with E-state index in [2.05, 4.69) is 9.97 Å². The number of ether oxygens (including phenoxy) is 1. The second-order valence-electron chi connectivity index (χ2n) is 3.00. The summed E-state index contributed by atoms with van der Waals surface area (Å²) in [5.74, 6) is 0. The maximum absolute atomic E-state index is 5.75. The first-order valence-electron chi connectivity index (χ1n) is 4.37. The van der Waals surface area contributed by atoms with Gasteiger partial charge in [0.2, 0.25) is 0 Å². The maximum Gasteiger partial charge on any atom is 0.162 e. The van der Waals surface area contributed by atoms with Crippen LogP contribution in [0, 0.1) is 0 Å². The zero-order chi connectivity index (χ0) is 9.97. The van der Waals surface area contributed by atoms with Gasteiger partial charge in [0.05, 0.1) is 18.6 Å². The second kappa shape index (κ2) is 3.63. The Bertz CT molecular complexity index is 437. The Kier molecular flexibility index (Phi) is 2.32. The Labute approximate surface area is 81.5 Å². The number of aromatic nitrogens is 3. The van der Waals surface area contributed by atoms with Crippen LogP contribution in [0.15, 0.2) is 18.6 Å². The van der Waals surface area contributed by atoms with Crippen LogP contribution in [0.3, 0.4) is 0 Å². The van der Waals surface area contributed by atoms with Crippen molar-refractivity contribution in [2.45, 2.75) is 6.54 Å². The van der Waals surface area contributed by atoms with Crippen LogP contribution in [0.5, 0.6) is 0 Å². The molecule has 0 unspecified atom stereocenters. The fraction of sp³-hybridized carbons (Fsp3) is 0.333. The van der Waals surface area contributed by atoms with Crippen molar-refractivity contribution in [2.75, 3.05) is 19.5 Å². The van der Waals surface area contributed by atoms with Crippen molar-refractivity contribution in [1.29, 1.82) is 0 Å². The summed E-state index contributed by atoms with van der Waals surface area (Å²) < 4.78 is 6.91. The van der Waals surface area contributed by atoms with Gasteiger partial charge in [-0.3, -0.25) is 0 Å². The van der Waals surface area contributed by atoms with Gasteiger partial charge in [0, 0.05) is 19.9 Å². The quantitative estimate of drug-likeness (QED) is 0.775. The molecule has 5 nitrogen and oxygen atoms in total. The topological polar surface area (TPSA) is 66.0 Å². The summed E-state index contributed by atoms with van der Waals surface area (Å²) in [5, 5.41) is 0. The van der Waals surface area contributed by atoms with Crippen molar-refractivity contribution >= 4 is 16.9 Å². The molecular formula is C9H12N4O. The third kappa shape index (κ3) is 1.42. The molecule has 0 saturated heterocycles. The molecule has 0 aliphatic rings. The normalized spacial score (nSPS) is 10.9. The maximum atomic E-state index is 5.75. The zero-order valence-electron chi connectivity index (χ0n) is 7.97. The largest absolute Gasteiger partial charge is 0.397 e. The lowest BCUT2D eigenvalue weighted by atomic mass is 10.4. The van der Waals surface area contributed by atoms with Crippen molar-refractivity contribution < 1.29 is 4.74 Å². The molecule has 0 spiro atoms. The van der Waals surface area contributed by atoms with Crippen molar-refractivity contribution in [3.8, 4) is 0 Å². The number of nitrogens with zero attached hydrogens (tertiary/aromatic N) is 3. The minimum Gasteiger partial charge on any atom is -0.397 e. The number of methoxy groups -OCH3 is 1. The van der Waals surface area contributed by atoms with E-state index in [-0.39, 0.29) is 0 Å². The van der Waals surface area contributed by atoms with Crippen LogP contribution in [0.1, 0.15) is 0 Å². The number of nitrogen functional groups attached to an aromatic ring is 1. The molecule has 0 aliphatic carbocycles. The molecule has 0 aromatic carbocycles. The molecule has 2 aromatic rings. The molecule has 2 aromatic heterocycles. The summed E-state index contributed by atoms with van der Waals surface area (Å²) in [6.45, 7) is 1.38. The van der Waals surface area contributed by atoms with Gasteiger partial charge in [-0.1, -0.05) is 0 Å². The van der Waals surface area contributed by atoms with Crippen LogP contribution >= 0.6 is 0 Å². The van der Waals surface area contributed by atoms with E-state index in [4.69, 9.17) is 10.5 Å². The number of pyridine rings is 1. The van der Waals surface area contributed by atoms with Gasteiger partial charge in [0.1, 0.15) is 5.52 Å². The number of fused-ring (bicyclic) bond motifs is 1. The zero-order valence-corrected chi connectivity index (χ0v) is 7.97. The van der Waals surface area contributed by atoms with Crippen LogP contribution in [0.4, 0.5) is 5.69 Å². The van der Waals surface area contributed by atoms with Crippen molar-refractivity contribution in [3.05, 3.63) is 18.6 Å². The number of hydrogen-bond donors (Lipinski definition) is 1. The van der Waals surface area contributed by atoms with Gasteiger partial charge in [-0.05, 0) is 6.07 Å². The molecular weight excluding hydrogens is 180 g/mol. The lowest BCUT2D eigenvalue weighted by Crippen LogP contribution is -2.03. The van der Waals surface area contributed by atoms with Crippen molar-refractivity contribution in [3.63, 3.8) is 0 Å². The highest BCUT2D eigenvalue weighted by molar-refractivity contribution is 5.83. The molecule has 0 fully saturated rings. The molecule has 0 radical (unpaired) electrons. The van der Waals surface area contributed by atoms with Crippen molar-refractivity contribution in [1.82, 2.24) is 14.5 Å². The number of imidazole rings is 1. The van der Waals surface area contributed by atoms with E-state index in [9.17, 15) is 0 Å². The highest BCUT2D eigenvalue weighted by Crippen LogP contribution is 2.15. The lowest BCUT2D eigenvalue weighted by Gasteiger charge is -2.01. The number of anilines is 1. The Balaban J connectivity index is 2.42. The van der Waals surface area contributed by atoms with Crippen molar-refractivity contribution in [2.24, 2.45) is 0 Å². The summed E-state index contributed by atoms with van der Waals surface area (Å²) in [6.07, 6.45) is 3.41. The molecule has 0 saturated carbocycles. The fourth-order valence-corrected chi connectivity index (χ4v) is 1.34. The Morgan fingerprint density at radius 3 is 3.14 bits per heavy atom. The Morgan fingerprint density at radius 2 is 2.36 bits per heavy atom. The van der Waals surface area contributed by atoms with E-state index in [1.165, 1.54) is 0 Å². The average Bonchev–Trinajstić information content (AvgIpc) is 2.60. The van der Waals surface area contributed by atoms with Crippen LogP contribution in [0.2, 0.25) is 0 Å². The van der Waals surface area contributed by atoms with Gasteiger partial charge < -0.3 is 15.0 Å². The Morgan fingerprint density at radius 1 is 1.50 bits per heavy atom. The first-order valence-corrected chi connectivity index (χ1v) is 4.37. The van der Waals surface area contributed by atoms with Gasteiger partial charge in [-0.2, -0.15) is 0 Å². The molecule has 0 aliphatic heterocycles. The first kappa shape index (κ1) is 8.96. The van der Waals surface area contributed by atoms with E-state index in [0.29, 0.717) is 12.3 Å². The van der Waals surface area contributed by atoms with Gasteiger partial charge >= 0.3 is 0 Å². The first-order chi connectivity index (χ1) is 6.83. The highest BCUT2D eigenvalue weighted by atomic mass is 16.5. The van der Waals surface area contributed by atoms with E-state index in [0.717, 1.165) is 17.7 Å². The molecule has 0 amide bonds. The number of nitrogens with two attached hydrogens (primary N) is 1. The summed E-state index contributed by atoms with van der Waals surface area (Å²) in [6, 6.07) is 1.75. The van der Waals surface area contributed by atoms with Gasteiger partial charge in [-0.25, -0.2) is 9.97 Å². The SMILES string of the molecule is COCCn1cnc2c(N)ccnc21. The predicted octanol–water partition coefficient (Wildman–Crippen LogP) is 0.660. The standard InChI is InChI=1S/C9H12N4O/c1-14-5-4-13-6-12-8-7(10)2-3-11-9(8)13/h2-3,6H,4-5H2,1H3,(H2,10,11). The number of rotatable bonds is 3. The van der Waals surface area contributed by atoms with E-state index < -0.39 is 0 Å². The average molecular weight is 192 g/mol. The minimum atomic E-state index is 0.641. The Hall–Kier alpha value is -1.62. The lowest BCUT2D eigenvalue weighted by molar-refractivity contribution is 0.188. The molecule has 14 heavy (non-hydrogen) atoms. The molecule has 0 bridgehead atoms. The smallest absolute Gasteiger partial charge is 0.162 e. The fourth-order valence-electron chi connectivity index (χ4n) is 1.34. The molecule has 2 rings (SSSR count). The second-order valence-corrected chi connectivity index (χ2v) is 3.00. The van der Waals surface area contributed by atoms with E-state index in [1.807, 2.05) is 4.57 Å². The third-order valence-electron chi connectivity index (χ3n) is 2.07. The summed E-state index contributed by atoms with van der Waals surface area (Å²) in [7, 11) is 1.67. The van der Waals surface area contributed by atoms with Crippen LogP contribution < -0.4 is 5.73 Å². The molecule has 74 valence electrons. The summed E-state index contributed by atoms with van der Waals surface area (Å²) in [5.41, 5.74) is 7.97. The van der Waals surface area contributed by atoms with Gasteiger partial charge in [0.25, 0.3) is 0 Å². The van der Waals surface area contributed by atoms with Crippen LogP contribution in [-0.4, -0.2) is 28.3 Å². The minimum absolute atomic E-state index is 0.641. The molecule has 2 N–H and O–H groups in total. The monoisotopic (exact) mass is 192 g/mol. The van der Waals surface area contributed by atoms with Gasteiger partial charge in [-0.15, -0.1) is 0 Å². The van der Waals surface area contributed by atoms with E-state index >= 15 is 0 Å². The highest BCUT2D eigenvalue weighted by Gasteiger charge is 2.05. The van der Waals surface area contributed by atoms with Crippen LogP contribution in [0.25, 0.3) is 11.2 Å². The third-order valence-corrected chi connectivity index (χ3v) is 2.07. The summed E-state index contributed by atoms with van der Waals surface area (Å²) in [4.78, 5) is 8.41. The molecule has 5 heteroatoms. The van der Waals surface area contributed by atoms with Crippen LogP contribution in [-0.2, 0) is 11.3 Å². The predicted molar refractivity (Wildman–Crippen MR) is 53.8 cm³/mol. The van der Waals surface area contributed by atoms with E-state index in [1.54, 1.807) is 25.7 Å². The van der Waals surface area contributed by atoms with Gasteiger partial charge in [0.15, 0.2) is 5.65 Å². The number of hydrogen-bond acceptors (Lipinski definition) is 4.